The van der Waals surface area contributed by atoms with Gasteiger partial charge in [-0.05, 0) is 64.2 Å². The minimum absolute atomic E-state index is 0.0889. The van der Waals surface area contributed by atoms with Gasteiger partial charge in [-0.1, -0.05) is 41.5 Å². The van der Waals surface area contributed by atoms with Gasteiger partial charge in [-0.25, -0.2) is 4.79 Å². The Morgan fingerprint density at radius 1 is 0.891 bits per heavy atom. The van der Waals surface area contributed by atoms with E-state index in [1.54, 1.807) is 46.4 Å². The smallest absolute Gasteiger partial charge is 0.410 e. The van der Waals surface area contributed by atoms with E-state index in [1.807, 2.05) is 20.8 Å². The molecule has 0 radical (unpaired) electrons. The first-order chi connectivity index (χ1) is 21.0. The zero-order valence-corrected chi connectivity index (χ0v) is 28.9. The van der Waals surface area contributed by atoms with Crippen molar-refractivity contribution < 1.29 is 48.4 Å². The molecule has 258 valence electrons. The number of carbonyl (C=O) groups excluding carboxylic acids is 5. The van der Waals surface area contributed by atoms with Crippen LogP contribution in [0.4, 0.5) is 4.79 Å². The molecule has 46 heavy (non-hydrogen) atoms. The lowest BCUT2D eigenvalue weighted by atomic mass is 9.62. The first kappa shape index (κ1) is 38.4. The second-order valence-electron chi connectivity index (χ2n) is 15.0. The van der Waals surface area contributed by atoms with E-state index in [2.05, 4.69) is 0 Å². The van der Waals surface area contributed by atoms with Gasteiger partial charge in [-0.3, -0.25) is 9.59 Å². The molecule has 0 saturated carbocycles. The second-order valence-corrected chi connectivity index (χ2v) is 15.0. The van der Waals surface area contributed by atoms with Crippen molar-refractivity contribution >= 4 is 29.7 Å². The molecule has 1 aromatic rings. The molecule has 1 aromatic carbocycles. The number of piperidine rings is 1. The predicted octanol–water partition coefficient (Wildman–Crippen LogP) is 2.84. The van der Waals surface area contributed by atoms with Crippen LogP contribution in [0.2, 0.25) is 0 Å². The van der Waals surface area contributed by atoms with Gasteiger partial charge in [-0.15, -0.1) is 0 Å². The van der Waals surface area contributed by atoms with Gasteiger partial charge in [0, 0.05) is 43.0 Å². The van der Waals surface area contributed by atoms with E-state index < -0.39 is 46.4 Å². The molecule has 0 atom stereocenters. The van der Waals surface area contributed by atoms with Gasteiger partial charge in [0.05, 0.1) is 18.5 Å². The Labute approximate surface area is 272 Å². The molecule has 0 unspecified atom stereocenters. The number of likely N-dealkylation sites (tertiary alicyclic amines) is 1. The van der Waals surface area contributed by atoms with Crippen molar-refractivity contribution in [2.45, 2.75) is 99.2 Å². The van der Waals surface area contributed by atoms with Crippen LogP contribution in [0.1, 0.15) is 98.4 Å². The van der Waals surface area contributed by atoms with Gasteiger partial charge in [0.2, 0.25) is 5.91 Å². The highest BCUT2D eigenvalue weighted by Gasteiger charge is 2.55. The van der Waals surface area contributed by atoms with Gasteiger partial charge in [0.25, 0.3) is 0 Å². The maximum Gasteiger partial charge on any atom is 0.410 e. The summed E-state index contributed by atoms with van der Waals surface area (Å²) in [5, 5.41) is 23.8. The van der Waals surface area contributed by atoms with Crippen molar-refractivity contribution in [2.24, 2.45) is 16.7 Å². The van der Waals surface area contributed by atoms with Crippen molar-refractivity contribution in [3.05, 3.63) is 23.8 Å². The summed E-state index contributed by atoms with van der Waals surface area (Å²) >= 11 is 0. The topological polar surface area (TPSA) is 166 Å². The number of nitrogens with zero attached hydrogens (tertiary/aromatic N) is 2. The first-order valence-electron chi connectivity index (χ1n) is 15.6. The van der Waals surface area contributed by atoms with Crippen LogP contribution >= 0.6 is 0 Å². The monoisotopic (exact) mass is 646 g/mol. The summed E-state index contributed by atoms with van der Waals surface area (Å²) in [6.45, 7) is 15.6. The Kier molecular flexibility index (Phi) is 12.3. The van der Waals surface area contributed by atoms with Crippen LogP contribution in [0.25, 0.3) is 0 Å². The largest absolute Gasteiger partial charge is 0.546 e. The molecule has 1 saturated heterocycles. The molecular weight excluding hydrogens is 596 g/mol. The fourth-order valence-electron chi connectivity index (χ4n) is 5.91. The molecule has 0 bridgehead atoms. The number of likely N-dealkylation sites (N-methyl/N-ethyl adjacent to an activating group) is 1. The molecule has 12 nitrogen and oxygen atoms in total. The number of carboxylic acid groups (broad SMARTS) is 2. The van der Waals surface area contributed by atoms with Crippen LogP contribution in [0.15, 0.2) is 18.2 Å². The lowest BCUT2D eigenvalue weighted by molar-refractivity contribution is -0.337. The van der Waals surface area contributed by atoms with Crippen molar-refractivity contribution in [1.82, 2.24) is 9.80 Å². The molecule has 12 heteroatoms. The van der Waals surface area contributed by atoms with Crippen molar-refractivity contribution in [3.8, 4) is 11.5 Å². The molecule has 1 aliphatic rings. The van der Waals surface area contributed by atoms with Crippen molar-refractivity contribution in [2.75, 3.05) is 33.3 Å². The zero-order valence-electron chi connectivity index (χ0n) is 28.9. The third-order valence-corrected chi connectivity index (χ3v) is 8.11. The van der Waals surface area contributed by atoms with E-state index >= 15 is 0 Å². The second kappa shape index (κ2) is 14.7. The summed E-state index contributed by atoms with van der Waals surface area (Å²) in [5.41, 5.74) is -4.31. The van der Waals surface area contributed by atoms with Gasteiger partial charge < -0.3 is 43.8 Å². The van der Waals surface area contributed by atoms with Crippen molar-refractivity contribution in [3.63, 3.8) is 0 Å². The first-order valence-corrected chi connectivity index (χ1v) is 15.6. The number of ether oxygens (including phenoxy) is 3. The standard InChI is InChI=1S/C34H52N2O10/c1-31(2,3)34(29(41)42,32(4,5)6)45-25-13-12-23(19-26(25)44-21-28(39)40)24(37)20-35(10)27(38)14-11-22-15-17-36(18-16-22)30(43)46-33(7,8)9/h12-13,19,22H,11,14-18,20-21H2,1-10H3,(H,39,40)(H,41,42)/p-2. The van der Waals surface area contributed by atoms with Gasteiger partial charge in [0.1, 0.15) is 12.2 Å². The summed E-state index contributed by atoms with van der Waals surface area (Å²) in [6.07, 6.45) is 2.02. The minimum atomic E-state index is -1.88. The SMILES string of the molecule is CN(CC(=O)c1ccc(OC(C(=O)[O-])(C(C)(C)C)C(C)(C)C)c(OCC(=O)[O-])c1)C(=O)CCC1CCN(C(=O)OC(C)(C)C)CC1. The third kappa shape index (κ3) is 9.83. The number of ketones is 1. The third-order valence-electron chi connectivity index (χ3n) is 8.11. The quantitative estimate of drug-likeness (QED) is 0.308. The minimum Gasteiger partial charge on any atom is -0.546 e. The van der Waals surface area contributed by atoms with Crippen LogP contribution in [0.5, 0.6) is 11.5 Å². The van der Waals surface area contributed by atoms with Gasteiger partial charge in [-0.2, -0.15) is 0 Å². The number of benzene rings is 1. The number of rotatable bonds is 12. The fraction of sp³-hybridized carbons (Fsp3) is 0.676. The average Bonchev–Trinajstić information content (AvgIpc) is 2.91. The highest BCUT2D eigenvalue weighted by Crippen LogP contribution is 2.48. The Morgan fingerprint density at radius 2 is 1.46 bits per heavy atom. The molecule has 2 amide bonds. The van der Waals surface area contributed by atoms with Crippen LogP contribution in [0.3, 0.4) is 0 Å². The normalized spacial score (nSPS) is 14.8. The number of Topliss-reactive ketones (excluding diaryl/α,β-unsaturated/α-hetero) is 1. The molecule has 0 aromatic heterocycles. The van der Waals surface area contributed by atoms with Gasteiger partial charge >= 0.3 is 6.09 Å². The number of aliphatic carboxylic acids is 2. The number of carboxylic acids is 2. The average molecular weight is 647 g/mol. The molecule has 0 spiro atoms. The van der Waals surface area contributed by atoms with Crippen LogP contribution < -0.4 is 19.7 Å². The summed E-state index contributed by atoms with van der Waals surface area (Å²) in [6, 6.07) is 4.02. The summed E-state index contributed by atoms with van der Waals surface area (Å²) in [7, 11) is 1.53. The molecule has 1 fully saturated rings. The zero-order chi connectivity index (χ0) is 35.3. The van der Waals surface area contributed by atoms with E-state index in [4.69, 9.17) is 14.2 Å². The number of carbonyl (C=O) groups is 5. The van der Waals surface area contributed by atoms with E-state index in [0.29, 0.717) is 19.5 Å². The highest BCUT2D eigenvalue weighted by atomic mass is 16.6. The van der Waals surface area contributed by atoms with E-state index in [9.17, 15) is 34.2 Å². The maximum atomic E-state index is 13.2. The molecule has 0 aliphatic carbocycles. The lowest BCUT2D eigenvalue weighted by Crippen LogP contribution is -2.67. The van der Waals surface area contributed by atoms with Gasteiger partial charge in [0.15, 0.2) is 22.9 Å². The summed E-state index contributed by atoms with van der Waals surface area (Å²) in [5.74, 6) is -3.64. The van der Waals surface area contributed by atoms with E-state index in [-0.39, 0.29) is 47.9 Å². The van der Waals surface area contributed by atoms with Crippen LogP contribution in [-0.2, 0) is 19.1 Å². The summed E-state index contributed by atoms with van der Waals surface area (Å²) < 4.78 is 16.9. The molecule has 0 N–H and O–H groups in total. The summed E-state index contributed by atoms with van der Waals surface area (Å²) in [4.78, 5) is 65.2. The lowest BCUT2D eigenvalue weighted by Gasteiger charge is -2.53. The van der Waals surface area contributed by atoms with E-state index in [0.717, 1.165) is 12.8 Å². The number of hydrogen-bond acceptors (Lipinski definition) is 10. The Balaban J connectivity index is 2.13. The molecular formula is C34H50N2O10-2. The van der Waals surface area contributed by atoms with Crippen LogP contribution in [-0.4, -0.2) is 84.0 Å². The maximum absolute atomic E-state index is 13.2. The van der Waals surface area contributed by atoms with Crippen molar-refractivity contribution in [1.29, 1.82) is 0 Å². The number of hydrogen-bond donors (Lipinski definition) is 0. The highest BCUT2D eigenvalue weighted by molar-refractivity contribution is 5.99. The Morgan fingerprint density at radius 3 is 1.93 bits per heavy atom. The molecule has 1 heterocycles. The number of amides is 2. The fourth-order valence-corrected chi connectivity index (χ4v) is 5.91. The predicted molar refractivity (Wildman–Crippen MR) is 166 cm³/mol. The molecule has 2 rings (SSSR count). The Hall–Kier alpha value is -3.83. The Bertz CT molecular complexity index is 1260. The van der Waals surface area contributed by atoms with E-state index in [1.165, 1.54) is 30.1 Å². The van der Waals surface area contributed by atoms with Crippen LogP contribution in [0, 0.1) is 16.7 Å². The molecule has 1 aliphatic heterocycles.